The van der Waals surface area contributed by atoms with Crippen molar-refractivity contribution in [3.8, 4) is 0 Å². The SMILES string of the molecule is CN(/C(=N\O)C(=O)Nc1ccccc1)c1ccccc1. The molecule has 0 radical (unpaired) electrons. The van der Waals surface area contributed by atoms with Crippen LogP contribution in [0.4, 0.5) is 11.4 Å². The zero-order chi connectivity index (χ0) is 14.4. The summed E-state index contributed by atoms with van der Waals surface area (Å²) < 4.78 is 0. The van der Waals surface area contributed by atoms with Crippen LogP contribution in [0, 0.1) is 0 Å². The molecule has 1 amide bonds. The first kappa shape index (κ1) is 13.6. The summed E-state index contributed by atoms with van der Waals surface area (Å²) in [7, 11) is 1.66. The molecule has 0 aliphatic rings. The predicted octanol–water partition coefficient (Wildman–Crippen LogP) is 2.55. The number of carbonyl (C=O) groups is 1. The maximum absolute atomic E-state index is 12.1. The molecule has 5 heteroatoms. The third-order valence-corrected chi connectivity index (χ3v) is 2.79. The number of rotatable bonds is 2. The zero-order valence-corrected chi connectivity index (χ0v) is 11.0. The van der Waals surface area contributed by atoms with Crippen LogP contribution in [0.25, 0.3) is 0 Å². The summed E-state index contributed by atoms with van der Waals surface area (Å²) in [6.45, 7) is 0. The molecule has 0 saturated heterocycles. The number of benzene rings is 2. The van der Waals surface area contributed by atoms with Gasteiger partial charge in [0.05, 0.1) is 0 Å². The fourth-order valence-corrected chi connectivity index (χ4v) is 1.75. The van der Waals surface area contributed by atoms with Crippen LogP contribution in [0.2, 0.25) is 0 Å². The Balaban J connectivity index is 2.15. The summed E-state index contributed by atoms with van der Waals surface area (Å²) in [6.07, 6.45) is 0. The highest BCUT2D eigenvalue weighted by molar-refractivity contribution is 6.46. The standard InChI is InChI=1S/C15H15N3O2/c1-18(13-10-6-3-7-11-13)14(17-20)15(19)16-12-8-4-2-5-9-12/h2-11,20H,1H3,(H,16,19)/b17-14-. The Morgan fingerprint density at radius 2 is 1.60 bits per heavy atom. The van der Waals surface area contributed by atoms with E-state index in [1.165, 1.54) is 4.90 Å². The molecule has 5 nitrogen and oxygen atoms in total. The molecule has 2 aromatic rings. The molecule has 2 rings (SSSR count). The molecule has 0 spiro atoms. The second kappa shape index (κ2) is 6.38. The third kappa shape index (κ3) is 3.14. The molecule has 0 saturated carbocycles. The minimum Gasteiger partial charge on any atom is -0.409 e. The van der Waals surface area contributed by atoms with Gasteiger partial charge in [0.1, 0.15) is 0 Å². The van der Waals surface area contributed by atoms with Gasteiger partial charge in [0.15, 0.2) is 0 Å². The Kier molecular flexibility index (Phi) is 4.34. The molecule has 0 aromatic heterocycles. The minimum atomic E-state index is -0.481. The number of oxime groups is 1. The molecular weight excluding hydrogens is 254 g/mol. The normalized spacial score (nSPS) is 10.9. The van der Waals surface area contributed by atoms with Crippen molar-refractivity contribution in [1.29, 1.82) is 0 Å². The number of para-hydroxylation sites is 2. The number of amides is 1. The molecule has 20 heavy (non-hydrogen) atoms. The number of hydrogen-bond acceptors (Lipinski definition) is 3. The van der Waals surface area contributed by atoms with Crippen LogP contribution in [0.5, 0.6) is 0 Å². The smallest absolute Gasteiger partial charge is 0.295 e. The number of nitrogens with zero attached hydrogens (tertiary/aromatic N) is 2. The van der Waals surface area contributed by atoms with Crippen molar-refractivity contribution in [3.63, 3.8) is 0 Å². The molecule has 0 unspecified atom stereocenters. The van der Waals surface area contributed by atoms with Gasteiger partial charge in [-0.15, -0.1) is 0 Å². The molecule has 102 valence electrons. The van der Waals surface area contributed by atoms with Crippen LogP contribution in [0.3, 0.4) is 0 Å². The summed E-state index contributed by atoms with van der Waals surface area (Å²) >= 11 is 0. The second-order valence-corrected chi connectivity index (χ2v) is 4.14. The Labute approximate surface area is 117 Å². The zero-order valence-electron chi connectivity index (χ0n) is 11.0. The van der Waals surface area contributed by atoms with Crippen molar-refractivity contribution in [2.75, 3.05) is 17.3 Å². The van der Waals surface area contributed by atoms with Gasteiger partial charge in [0, 0.05) is 18.4 Å². The van der Waals surface area contributed by atoms with E-state index in [0.717, 1.165) is 5.69 Å². The highest BCUT2D eigenvalue weighted by atomic mass is 16.4. The number of likely N-dealkylation sites (N-methyl/N-ethyl adjacent to an activating group) is 1. The van der Waals surface area contributed by atoms with E-state index < -0.39 is 5.91 Å². The summed E-state index contributed by atoms with van der Waals surface area (Å²) in [5, 5.41) is 14.9. The summed E-state index contributed by atoms with van der Waals surface area (Å²) in [5.41, 5.74) is 1.39. The number of amidine groups is 1. The Morgan fingerprint density at radius 3 is 2.15 bits per heavy atom. The van der Waals surface area contributed by atoms with Crippen LogP contribution in [-0.2, 0) is 4.79 Å². The van der Waals surface area contributed by atoms with E-state index in [1.807, 2.05) is 48.5 Å². The third-order valence-electron chi connectivity index (χ3n) is 2.79. The maximum atomic E-state index is 12.1. The van der Waals surface area contributed by atoms with Gasteiger partial charge in [-0.1, -0.05) is 41.6 Å². The fourth-order valence-electron chi connectivity index (χ4n) is 1.75. The Morgan fingerprint density at radius 1 is 1.05 bits per heavy atom. The average Bonchev–Trinajstić information content (AvgIpc) is 2.49. The van der Waals surface area contributed by atoms with Crippen LogP contribution in [0.15, 0.2) is 65.8 Å². The summed E-state index contributed by atoms with van der Waals surface area (Å²) in [4.78, 5) is 13.6. The first-order valence-corrected chi connectivity index (χ1v) is 6.09. The average molecular weight is 269 g/mol. The van der Waals surface area contributed by atoms with Crippen molar-refractivity contribution in [2.45, 2.75) is 0 Å². The van der Waals surface area contributed by atoms with Crippen molar-refractivity contribution in [3.05, 3.63) is 60.7 Å². The van der Waals surface area contributed by atoms with Crippen LogP contribution < -0.4 is 10.2 Å². The topological polar surface area (TPSA) is 64.9 Å². The fraction of sp³-hybridized carbons (Fsp3) is 0.0667. The molecule has 2 N–H and O–H groups in total. The monoisotopic (exact) mass is 269 g/mol. The molecule has 0 fully saturated rings. The number of nitrogens with one attached hydrogen (secondary N) is 1. The summed E-state index contributed by atoms with van der Waals surface area (Å²) in [5.74, 6) is -0.565. The minimum absolute atomic E-state index is 0.0833. The van der Waals surface area contributed by atoms with E-state index >= 15 is 0 Å². The Bertz CT molecular complexity index is 597. The van der Waals surface area contributed by atoms with Crippen LogP contribution in [-0.4, -0.2) is 24.0 Å². The highest BCUT2D eigenvalue weighted by Crippen LogP contribution is 2.13. The van der Waals surface area contributed by atoms with Gasteiger partial charge in [-0.05, 0) is 24.3 Å². The van der Waals surface area contributed by atoms with Crippen LogP contribution in [0.1, 0.15) is 0 Å². The van der Waals surface area contributed by atoms with E-state index in [-0.39, 0.29) is 5.84 Å². The van der Waals surface area contributed by atoms with Crippen molar-refractivity contribution in [2.24, 2.45) is 5.16 Å². The van der Waals surface area contributed by atoms with Gasteiger partial charge in [-0.3, -0.25) is 4.79 Å². The van der Waals surface area contributed by atoms with E-state index in [1.54, 1.807) is 19.2 Å². The van der Waals surface area contributed by atoms with Crippen LogP contribution >= 0.6 is 0 Å². The highest BCUT2D eigenvalue weighted by Gasteiger charge is 2.18. The maximum Gasteiger partial charge on any atom is 0.295 e. The van der Waals surface area contributed by atoms with Crippen molar-refractivity contribution >= 4 is 23.1 Å². The van der Waals surface area contributed by atoms with Crippen molar-refractivity contribution in [1.82, 2.24) is 0 Å². The predicted molar refractivity (Wildman–Crippen MR) is 79.1 cm³/mol. The van der Waals surface area contributed by atoms with Gasteiger partial charge in [0.25, 0.3) is 5.91 Å². The molecule has 0 aliphatic heterocycles. The van der Waals surface area contributed by atoms with E-state index in [4.69, 9.17) is 5.21 Å². The lowest BCUT2D eigenvalue weighted by Gasteiger charge is -2.19. The first-order valence-electron chi connectivity index (χ1n) is 6.09. The lowest BCUT2D eigenvalue weighted by Crippen LogP contribution is -2.37. The molecular formula is C15H15N3O2. The van der Waals surface area contributed by atoms with Gasteiger partial charge < -0.3 is 15.4 Å². The lowest BCUT2D eigenvalue weighted by atomic mass is 10.3. The molecule has 0 atom stereocenters. The lowest BCUT2D eigenvalue weighted by molar-refractivity contribution is -0.110. The van der Waals surface area contributed by atoms with E-state index in [2.05, 4.69) is 10.5 Å². The van der Waals surface area contributed by atoms with E-state index in [0.29, 0.717) is 5.69 Å². The number of carbonyl (C=O) groups excluding carboxylic acids is 1. The molecule has 2 aromatic carbocycles. The van der Waals surface area contributed by atoms with Gasteiger partial charge in [-0.25, -0.2) is 0 Å². The molecule has 0 aliphatic carbocycles. The van der Waals surface area contributed by atoms with Gasteiger partial charge in [0.2, 0.25) is 5.84 Å². The summed E-state index contributed by atoms with van der Waals surface area (Å²) in [6, 6.07) is 18.2. The Hall–Kier alpha value is -2.82. The largest absolute Gasteiger partial charge is 0.409 e. The molecule has 0 heterocycles. The quantitative estimate of drug-likeness (QED) is 0.381. The van der Waals surface area contributed by atoms with Gasteiger partial charge in [-0.2, -0.15) is 0 Å². The first-order chi connectivity index (χ1) is 9.72. The molecule has 0 bridgehead atoms. The number of anilines is 2. The second-order valence-electron chi connectivity index (χ2n) is 4.14. The number of hydrogen-bond donors (Lipinski definition) is 2. The van der Waals surface area contributed by atoms with Crippen molar-refractivity contribution < 1.29 is 10.0 Å². The van der Waals surface area contributed by atoms with E-state index in [9.17, 15) is 4.79 Å². The van der Waals surface area contributed by atoms with Gasteiger partial charge >= 0.3 is 0 Å².